The summed E-state index contributed by atoms with van der Waals surface area (Å²) in [6.45, 7) is 4.29. The van der Waals surface area contributed by atoms with E-state index in [1.54, 1.807) is 6.07 Å². The van der Waals surface area contributed by atoms with E-state index in [2.05, 4.69) is 32.0 Å². The highest BCUT2D eigenvalue weighted by Gasteiger charge is 2.04. The highest BCUT2D eigenvalue weighted by molar-refractivity contribution is 5.91. The van der Waals surface area contributed by atoms with E-state index in [-0.39, 0.29) is 0 Å². The number of rotatable bonds is 2. The van der Waals surface area contributed by atoms with Gasteiger partial charge in [0.25, 0.3) is 0 Å². The van der Waals surface area contributed by atoms with Gasteiger partial charge in [0, 0.05) is 5.39 Å². The van der Waals surface area contributed by atoms with Gasteiger partial charge in [0.2, 0.25) is 0 Å². The number of fused-ring (bicyclic) bond motifs is 1. The SMILES string of the molecule is CCc1cc(CC)c2cccc(O)c2c1. The molecule has 0 amide bonds. The lowest BCUT2D eigenvalue weighted by molar-refractivity contribution is 0.481. The Bertz CT molecular complexity index is 486. The summed E-state index contributed by atoms with van der Waals surface area (Å²) in [6.07, 6.45) is 2.02. The fourth-order valence-corrected chi connectivity index (χ4v) is 2.01. The van der Waals surface area contributed by atoms with E-state index in [0.29, 0.717) is 5.75 Å². The summed E-state index contributed by atoms with van der Waals surface area (Å²) in [7, 11) is 0. The number of aromatic hydroxyl groups is 1. The van der Waals surface area contributed by atoms with Gasteiger partial charge in [-0.2, -0.15) is 0 Å². The first-order valence-electron chi connectivity index (χ1n) is 5.49. The summed E-state index contributed by atoms with van der Waals surface area (Å²) in [5.41, 5.74) is 2.61. The predicted molar refractivity (Wildman–Crippen MR) is 64.4 cm³/mol. The molecule has 0 aliphatic rings. The number of aryl methyl sites for hydroxylation is 2. The fraction of sp³-hybridized carbons (Fsp3) is 0.286. The largest absolute Gasteiger partial charge is 0.507 e. The van der Waals surface area contributed by atoms with Gasteiger partial charge in [-0.25, -0.2) is 0 Å². The molecule has 1 nitrogen and oxygen atoms in total. The molecular formula is C14H16O. The van der Waals surface area contributed by atoms with Crippen molar-refractivity contribution in [1.82, 2.24) is 0 Å². The molecular weight excluding hydrogens is 184 g/mol. The van der Waals surface area contributed by atoms with Gasteiger partial charge < -0.3 is 5.11 Å². The maximum Gasteiger partial charge on any atom is 0.123 e. The minimum Gasteiger partial charge on any atom is -0.507 e. The highest BCUT2D eigenvalue weighted by Crippen LogP contribution is 2.28. The number of hydrogen-bond donors (Lipinski definition) is 1. The van der Waals surface area contributed by atoms with Crippen LogP contribution in [0.4, 0.5) is 0 Å². The molecule has 0 saturated carbocycles. The number of hydrogen-bond acceptors (Lipinski definition) is 1. The summed E-state index contributed by atoms with van der Waals surface area (Å²) in [6, 6.07) is 10.1. The first-order chi connectivity index (χ1) is 7.26. The average Bonchev–Trinajstić information content (AvgIpc) is 2.28. The zero-order valence-corrected chi connectivity index (χ0v) is 9.25. The fourth-order valence-electron chi connectivity index (χ4n) is 2.01. The van der Waals surface area contributed by atoms with Crippen LogP contribution in [0.5, 0.6) is 5.75 Å². The molecule has 1 N–H and O–H groups in total. The van der Waals surface area contributed by atoms with Crippen LogP contribution in [-0.2, 0) is 12.8 Å². The number of benzene rings is 2. The van der Waals surface area contributed by atoms with E-state index in [1.807, 2.05) is 6.07 Å². The minimum atomic E-state index is 0.387. The van der Waals surface area contributed by atoms with Gasteiger partial charge >= 0.3 is 0 Å². The van der Waals surface area contributed by atoms with Gasteiger partial charge in [0.1, 0.15) is 5.75 Å². The zero-order valence-electron chi connectivity index (χ0n) is 9.25. The van der Waals surface area contributed by atoms with E-state index in [0.717, 1.165) is 18.2 Å². The van der Waals surface area contributed by atoms with Crippen molar-refractivity contribution in [1.29, 1.82) is 0 Å². The van der Waals surface area contributed by atoms with Crippen LogP contribution in [0.1, 0.15) is 25.0 Å². The van der Waals surface area contributed by atoms with Crippen molar-refractivity contribution in [2.24, 2.45) is 0 Å². The molecule has 0 spiro atoms. The van der Waals surface area contributed by atoms with Crippen LogP contribution in [0, 0.1) is 0 Å². The van der Waals surface area contributed by atoms with Crippen molar-refractivity contribution >= 4 is 10.8 Å². The summed E-state index contributed by atoms with van der Waals surface area (Å²) in [5.74, 6) is 0.387. The molecule has 2 rings (SSSR count). The smallest absolute Gasteiger partial charge is 0.123 e. The molecule has 2 aromatic carbocycles. The van der Waals surface area contributed by atoms with Crippen LogP contribution in [0.2, 0.25) is 0 Å². The van der Waals surface area contributed by atoms with Gasteiger partial charge in [0.15, 0.2) is 0 Å². The first-order valence-corrected chi connectivity index (χ1v) is 5.49. The monoisotopic (exact) mass is 200 g/mol. The standard InChI is InChI=1S/C14H16O/c1-3-10-8-11(4-2)12-6-5-7-14(15)13(12)9-10/h5-9,15H,3-4H2,1-2H3. The predicted octanol–water partition coefficient (Wildman–Crippen LogP) is 3.67. The molecule has 0 radical (unpaired) electrons. The van der Waals surface area contributed by atoms with Crippen LogP contribution in [-0.4, -0.2) is 5.11 Å². The Labute approximate surface area is 90.4 Å². The Morgan fingerprint density at radius 3 is 2.47 bits per heavy atom. The van der Waals surface area contributed by atoms with Gasteiger partial charge in [-0.15, -0.1) is 0 Å². The second kappa shape index (κ2) is 3.93. The van der Waals surface area contributed by atoms with Crippen molar-refractivity contribution in [3.05, 3.63) is 41.5 Å². The van der Waals surface area contributed by atoms with Crippen LogP contribution in [0.3, 0.4) is 0 Å². The van der Waals surface area contributed by atoms with Crippen molar-refractivity contribution in [2.45, 2.75) is 26.7 Å². The minimum absolute atomic E-state index is 0.387. The lowest BCUT2D eigenvalue weighted by Crippen LogP contribution is -1.88. The molecule has 0 saturated heterocycles. The van der Waals surface area contributed by atoms with Gasteiger partial charge in [-0.1, -0.05) is 32.0 Å². The van der Waals surface area contributed by atoms with Crippen LogP contribution < -0.4 is 0 Å². The second-order valence-electron chi connectivity index (χ2n) is 3.83. The molecule has 2 aromatic rings. The van der Waals surface area contributed by atoms with Gasteiger partial charge in [-0.3, -0.25) is 0 Å². The molecule has 0 aromatic heterocycles. The van der Waals surface area contributed by atoms with E-state index in [4.69, 9.17) is 0 Å². The first kappa shape index (κ1) is 10.0. The Morgan fingerprint density at radius 1 is 1.00 bits per heavy atom. The summed E-state index contributed by atoms with van der Waals surface area (Å²) >= 11 is 0. The third kappa shape index (κ3) is 1.70. The summed E-state index contributed by atoms with van der Waals surface area (Å²) in [5, 5.41) is 12.0. The molecule has 78 valence electrons. The van der Waals surface area contributed by atoms with Crippen molar-refractivity contribution in [3.8, 4) is 5.75 Å². The quantitative estimate of drug-likeness (QED) is 0.784. The Hall–Kier alpha value is -1.50. The Balaban J connectivity index is 2.80. The lowest BCUT2D eigenvalue weighted by atomic mass is 9.98. The molecule has 0 aliphatic carbocycles. The van der Waals surface area contributed by atoms with E-state index in [1.165, 1.54) is 16.5 Å². The molecule has 15 heavy (non-hydrogen) atoms. The molecule has 1 heteroatoms. The van der Waals surface area contributed by atoms with Crippen LogP contribution in [0.15, 0.2) is 30.3 Å². The topological polar surface area (TPSA) is 20.2 Å². The normalized spacial score (nSPS) is 10.8. The third-order valence-electron chi connectivity index (χ3n) is 2.91. The van der Waals surface area contributed by atoms with E-state index >= 15 is 0 Å². The molecule has 0 aliphatic heterocycles. The maximum absolute atomic E-state index is 9.81. The Kier molecular flexibility index (Phi) is 2.63. The third-order valence-corrected chi connectivity index (χ3v) is 2.91. The summed E-state index contributed by atoms with van der Waals surface area (Å²) in [4.78, 5) is 0. The van der Waals surface area contributed by atoms with Crippen LogP contribution >= 0.6 is 0 Å². The zero-order chi connectivity index (χ0) is 10.8. The average molecular weight is 200 g/mol. The maximum atomic E-state index is 9.81. The van der Waals surface area contributed by atoms with E-state index < -0.39 is 0 Å². The van der Waals surface area contributed by atoms with Crippen LogP contribution in [0.25, 0.3) is 10.8 Å². The van der Waals surface area contributed by atoms with Gasteiger partial charge in [-0.05, 0) is 41.5 Å². The molecule has 0 bridgehead atoms. The lowest BCUT2D eigenvalue weighted by Gasteiger charge is -2.08. The molecule has 0 heterocycles. The van der Waals surface area contributed by atoms with Crippen molar-refractivity contribution < 1.29 is 5.11 Å². The van der Waals surface area contributed by atoms with Crippen molar-refractivity contribution in [3.63, 3.8) is 0 Å². The molecule has 0 fully saturated rings. The molecule has 0 atom stereocenters. The van der Waals surface area contributed by atoms with Gasteiger partial charge in [0.05, 0.1) is 0 Å². The number of phenolic OH excluding ortho intramolecular Hbond substituents is 1. The Morgan fingerprint density at radius 2 is 1.80 bits per heavy atom. The summed E-state index contributed by atoms with van der Waals surface area (Å²) < 4.78 is 0. The highest BCUT2D eigenvalue weighted by atomic mass is 16.3. The molecule has 0 unspecified atom stereocenters. The second-order valence-corrected chi connectivity index (χ2v) is 3.83. The van der Waals surface area contributed by atoms with Crippen molar-refractivity contribution in [2.75, 3.05) is 0 Å². The van der Waals surface area contributed by atoms with E-state index in [9.17, 15) is 5.11 Å². The number of phenols is 1.